The minimum absolute atomic E-state index is 0.164. The average molecular weight is 286 g/mol. The number of hydrogen-bond donors (Lipinski definition) is 3. The molecule has 2 amide bonds. The molecule has 6 heteroatoms. The quantitative estimate of drug-likeness (QED) is 0.592. The van der Waals surface area contributed by atoms with Crippen LogP contribution in [0.2, 0.25) is 0 Å². The van der Waals surface area contributed by atoms with Crippen molar-refractivity contribution in [1.29, 1.82) is 0 Å². The average Bonchev–Trinajstić information content (AvgIpc) is 2.32. The van der Waals surface area contributed by atoms with E-state index in [1.165, 1.54) is 0 Å². The van der Waals surface area contributed by atoms with E-state index in [9.17, 15) is 14.4 Å². The number of carbonyl (C=O) groups excluding carboxylic acids is 2. The van der Waals surface area contributed by atoms with Crippen molar-refractivity contribution in [2.45, 2.75) is 53.0 Å². The molecule has 0 aliphatic carbocycles. The van der Waals surface area contributed by atoms with Crippen molar-refractivity contribution < 1.29 is 19.5 Å². The Hall–Kier alpha value is -1.59. The second kappa shape index (κ2) is 9.34. The number of hydrogen-bond acceptors (Lipinski definition) is 3. The topological polar surface area (TPSA) is 95.5 Å². The Morgan fingerprint density at radius 3 is 2.05 bits per heavy atom. The number of nitrogens with one attached hydrogen (secondary N) is 2. The monoisotopic (exact) mass is 286 g/mol. The van der Waals surface area contributed by atoms with Gasteiger partial charge in [0.25, 0.3) is 0 Å². The SMILES string of the molecule is CC(C)CCC(=O)NCC(=O)N[C@@H](CC(C)C)C(=O)O. The minimum Gasteiger partial charge on any atom is -0.480 e. The molecule has 0 aromatic heterocycles. The highest BCUT2D eigenvalue weighted by atomic mass is 16.4. The highest BCUT2D eigenvalue weighted by Crippen LogP contribution is 2.05. The van der Waals surface area contributed by atoms with Crippen molar-refractivity contribution in [2.24, 2.45) is 11.8 Å². The van der Waals surface area contributed by atoms with Gasteiger partial charge in [0.1, 0.15) is 6.04 Å². The largest absolute Gasteiger partial charge is 0.480 e. The van der Waals surface area contributed by atoms with E-state index in [1.807, 2.05) is 27.7 Å². The Bertz CT molecular complexity index is 340. The smallest absolute Gasteiger partial charge is 0.326 e. The maximum atomic E-state index is 11.6. The molecular formula is C14H26N2O4. The molecule has 0 rings (SSSR count). The highest BCUT2D eigenvalue weighted by Gasteiger charge is 2.21. The van der Waals surface area contributed by atoms with Gasteiger partial charge in [-0.1, -0.05) is 27.7 Å². The molecule has 0 fully saturated rings. The van der Waals surface area contributed by atoms with Gasteiger partial charge in [-0.25, -0.2) is 4.79 Å². The van der Waals surface area contributed by atoms with Crippen molar-refractivity contribution in [3.05, 3.63) is 0 Å². The standard InChI is InChI=1S/C14H26N2O4/c1-9(2)5-6-12(17)15-8-13(18)16-11(14(19)20)7-10(3)4/h9-11H,5-8H2,1-4H3,(H,15,17)(H,16,18)(H,19,20)/t11-/m0/s1. The van der Waals surface area contributed by atoms with Crippen LogP contribution in [0.25, 0.3) is 0 Å². The molecule has 6 nitrogen and oxygen atoms in total. The van der Waals surface area contributed by atoms with E-state index in [-0.39, 0.29) is 18.4 Å². The normalized spacial score (nSPS) is 12.3. The van der Waals surface area contributed by atoms with E-state index < -0.39 is 17.9 Å². The van der Waals surface area contributed by atoms with E-state index >= 15 is 0 Å². The fourth-order valence-electron chi connectivity index (χ4n) is 1.63. The number of carboxylic acids is 1. The zero-order valence-corrected chi connectivity index (χ0v) is 12.7. The molecule has 0 heterocycles. The number of amides is 2. The van der Waals surface area contributed by atoms with Gasteiger partial charge in [-0.15, -0.1) is 0 Å². The molecule has 0 aliphatic heterocycles. The van der Waals surface area contributed by atoms with Gasteiger partial charge in [0.15, 0.2) is 0 Å². The van der Waals surface area contributed by atoms with Crippen LogP contribution >= 0.6 is 0 Å². The predicted octanol–water partition coefficient (Wildman–Crippen LogP) is 1.15. The fourth-order valence-corrected chi connectivity index (χ4v) is 1.63. The number of carboxylic acid groups (broad SMARTS) is 1. The van der Waals surface area contributed by atoms with Crippen LogP contribution in [0.4, 0.5) is 0 Å². The molecule has 3 N–H and O–H groups in total. The number of carbonyl (C=O) groups is 3. The summed E-state index contributed by atoms with van der Waals surface area (Å²) in [5.41, 5.74) is 0. The maximum absolute atomic E-state index is 11.6. The molecule has 0 unspecified atom stereocenters. The van der Waals surface area contributed by atoms with Crippen LogP contribution in [0.5, 0.6) is 0 Å². The van der Waals surface area contributed by atoms with Gasteiger partial charge in [-0.05, 0) is 24.7 Å². The maximum Gasteiger partial charge on any atom is 0.326 e. The summed E-state index contributed by atoms with van der Waals surface area (Å²) < 4.78 is 0. The van der Waals surface area contributed by atoms with Crippen molar-refractivity contribution in [2.75, 3.05) is 6.54 Å². The second-order valence-electron chi connectivity index (χ2n) is 5.80. The summed E-state index contributed by atoms with van der Waals surface area (Å²) >= 11 is 0. The Labute approximate surface area is 120 Å². The molecule has 0 radical (unpaired) electrons. The summed E-state index contributed by atoms with van der Waals surface area (Å²) in [4.78, 5) is 34.0. The molecule has 20 heavy (non-hydrogen) atoms. The third-order valence-corrected chi connectivity index (χ3v) is 2.74. The van der Waals surface area contributed by atoms with Gasteiger partial charge in [-0.2, -0.15) is 0 Å². The van der Waals surface area contributed by atoms with Gasteiger partial charge < -0.3 is 15.7 Å². The third-order valence-electron chi connectivity index (χ3n) is 2.74. The van der Waals surface area contributed by atoms with E-state index in [0.29, 0.717) is 18.8 Å². The first-order chi connectivity index (χ1) is 9.22. The van der Waals surface area contributed by atoms with Crippen molar-refractivity contribution in [3.8, 4) is 0 Å². The first-order valence-corrected chi connectivity index (χ1v) is 7.01. The van der Waals surface area contributed by atoms with Crippen LogP contribution in [0.1, 0.15) is 47.0 Å². The van der Waals surface area contributed by atoms with Gasteiger partial charge in [0.05, 0.1) is 6.54 Å². The summed E-state index contributed by atoms with van der Waals surface area (Å²) in [6, 6.07) is -0.907. The summed E-state index contributed by atoms with van der Waals surface area (Å²) in [5.74, 6) is -1.13. The summed E-state index contributed by atoms with van der Waals surface area (Å²) in [7, 11) is 0. The minimum atomic E-state index is -1.06. The molecule has 116 valence electrons. The first kappa shape index (κ1) is 18.4. The molecule has 0 spiro atoms. The van der Waals surface area contributed by atoms with E-state index in [0.717, 1.165) is 6.42 Å². The van der Waals surface area contributed by atoms with E-state index in [2.05, 4.69) is 10.6 Å². The summed E-state index contributed by atoms with van der Waals surface area (Å²) in [5, 5.41) is 13.9. The lowest BCUT2D eigenvalue weighted by atomic mass is 10.0. The summed E-state index contributed by atoms with van der Waals surface area (Å²) in [6.07, 6.45) is 1.50. The second-order valence-corrected chi connectivity index (χ2v) is 5.80. The molecule has 0 saturated carbocycles. The molecule has 0 aromatic carbocycles. The van der Waals surface area contributed by atoms with Crippen LogP contribution in [-0.2, 0) is 14.4 Å². The van der Waals surface area contributed by atoms with Crippen LogP contribution in [0.15, 0.2) is 0 Å². The Morgan fingerprint density at radius 1 is 1.00 bits per heavy atom. The summed E-state index contributed by atoms with van der Waals surface area (Å²) in [6.45, 7) is 7.62. The lowest BCUT2D eigenvalue weighted by molar-refractivity contribution is -0.142. The highest BCUT2D eigenvalue weighted by molar-refractivity contribution is 5.87. The molecule has 1 atom stereocenters. The van der Waals surface area contributed by atoms with Crippen LogP contribution in [0, 0.1) is 11.8 Å². The van der Waals surface area contributed by atoms with E-state index in [1.54, 1.807) is 0 Å². The van der Waals surface area contributed by atoms with E-state index in [4.69, 9.17) is 5.11 Å². The zero-order valence-electron chi connectivity index (χ0n) is 12.7. The first-order valence-electron chi connectivity index (χ1n) is 7.01. The van der Waals surface area contributed by atoms with Gasteiger partial charge >= 0.3 is 5.97 Å². The number of aliphatic carboxylic acids is 1. The molecular weight excluding hydrogens is 260 g/mol. The molecule has 0 aromatic rings. The lowest BCUT2D eigenvalue weighted by Crippen LogP contribution is -2.46. The van der Waals surface area contributed by atoms with Gasteiger partial charge in [-0.3, -0.25) is 9.59 Å². The van der Waals surface area contributed by atoms with Crippen molar-refractivity contribution in [3.63, 3.8) is 0 Å². The van der Waals surface area contributed by atoms with Crippen LogP contribution in [0.3, 0.4) is 0 Å². The van der Waals surface area contributed by atoms with Gasteiger partial charge in [0, 0.05) is 6.42 Å². The number of rotatable bonds is 9. The van der Waals surface area contributed by atoms with Gasteiger partial charge in [0.2, 0.25) is 11.8 Å². The molecule has 0 aliphatic rings. The molecule has 0 saturated heterocycles. The zero-order chi connectivity index (χ0) is 15.7. The lowest BCUT2D eigenvalue weighted by Gasteiger charge is -2.16. The Balaban J connectivity index is 4.07. The fraction of sp³-hybridized carbons (Fsp3) is 0.786. The Kier molecular flexibility index (Phi) is 8.59. The third kappa shape index (κ3) is 9.35. The van der Waals surface area contributed by atoms with Crippen LogP contribution in [-0.4, -0.2) is 35.5 Å². The van der Waals surface area contributed by atoms with Crippen molar-refractivity contribution >= 4 is 17.8 Å². The van der Waals surface area contributed by atoms with Crippen molar-refractivity contribution in [1.82, 2.24) is 10.6 Å². The Morgan fingerprint density at radius 2 is 1.60 bits per heavy atom. The predicted molar refractivity (Wildman–Crippen MR) is 76.1 cm³/mol. The van der Waals surface area contributed by atoms with Crippen LogP contribution < -0.4 is 10.6 Å². The molecule has 0 bridgehead atoms.